The fourth-order valence-corrected chi connectivity index (χ4v) is 2.77. The van der Waals surface area contributed by atoms with Crippen LogP contribution in [0.25, 0.3) is 0 Å². The van der Waals surface area contributed by atoms with Crippen molar-refractivity contribution in [1.29, 1.82) is 0 Å². The van der Waals surface area contributed by atoms with Gasteiger partial charge < -0.3 is 14.8 Å². The molecular weight excluding hydrogens is 376 g/mol. The third-order valence-corrected chi connectivity index (χ3v) is 4.04. The Bertz CT molecular complexity index is 794. The van der Waals surface area contributed by atoms with E-state index >= 15 is 0 Å². The first-order valence-corrected chi connectivity index (χ1v) is 8.03. The lowest BCUT2D eigenvalue weighted by Gasteiger charge is -2.29. The Morgan fingerprint density at radius 1 is 1.33 bits per heavy atom. The lowest BCUT2D eigenvalue weighted by Crippen LogP contribution is -2.43. The number of nitrogens with one attached hydrogen (secondary N) is 1. The van der Waals surface area contributed by atoms with Crippen molar-refractivity contribution in [2.24, 2.45) is 0 Å². The predicted octanol–water partition coefficient (Wildman–Crippen LogP) is 2.82. The normalized spacial score (nSPS) is 13.1. The van der Waals surface area contributed by atoms with Crippen LogP contribution in [0.1, 0.15) is 0 Å². The summed E-state index contributed by atoms with van der Waals surface area (Å²) in [5, 5.41) is 2.76. The molecule has 0 aromatic heterocycles. The minimum absolute atomic E-state index is 0.0919. The molecule has 2 aromatic rings. The predicted molar refractivity (Wildman–Crippen MR) is 93.6 cm³/mol. The highest BCUT2D eigenvalue weighted by molar-refractivity contribution is 9.10. The molecule has 124 valence electrons. The minimum Gasteiger partial charge on any atom is -0.495 e. The summed E-state index contributed by atoms with van der Waals surface area (Å²) in [6, 6.07) is 12.4. The van der Waals surface area contributed by atoms with Gasteiger partial charge in [-0.05, 0) is 30.3 Å². The second-order valence-electron chi connectivity index (χ2n) is 5.13. The van der Waals surface area contributed by atoms with Gasteiger partial charge >= 0.3 is 0 Å². The smallest absolute Gasteiger partial charge is 0.265 e. The first kappa shape index (κ1) is 16.3. The van der Waals surface area contributed by atoms with E-state index in [1.165, 1.54) is 12.0 Å². The summed E-state index contributed by atoms with van der Waals surface area (Å²) in [4.78, 5) is 25.9. The molecule has 7 heteroatoms. The van der Waals surface area contributed by atoms with E-state index in [0.29, 0.717) is 22.9 Å². The first-order chi connectivity index (χ1) is 11.6. The van der Waals surface area contributed by atoms with Gasteiger partial charge in [-0.15, -0.1) is 0 Å². The van der Waals surface area contributed by atoms with Crippen LogP contribution in [-0.4, -0.2) is 32.1 Å². The molecule has 0 aliphatic carbocycles. The Morgan fingerprint density at radius 3 is 2.92 bits per heavy atom. The summed E-state index contributed by atoms with van der Waals surface area (Å²) in [6.45, 7) is -0.194. The van der Waals surface area contributed by atoms with Crippen molar-refractivity contribution in [3.8, 4) is 11.5 Å². The molecule has 1 N–H and O–H groups in total. The number of ether oxygens (including phenoxy) is 2. The Kier molecular flexibility index (Phi) is 4.71. The van der Waals surface area contributed by atoms with Crippen LogP contribution < -0.4 is 19.7 Å². The Balaban J connectivity index is 1.78. The molecule has 0 radical (unpaired) electrons. The number of nitrogens with zero attached hydrogens (tertiary/aromatic N) is 1. The van der Waals surface area contributed by atoms with Crippen molar-refractivity contribution >= 4 is 39.1 Å². The maximum atomic E-state index is 12.4. The number of halogens is 1. The van der Waals surface area contributed by atoms with E-state index in [9.17, 15) is 9.59 Å². The van der Waals surface area contributed by atoms with E-state index in [-0.39, 0.29) is 25.0 Å². The van der Waals surface area contributed by atoms with Crippen molar-refractivity contribution in [3.05, 3.63) is 46.9 Å². The summed E-state index contributed by atoms with van der Waals surface area (Å²) in [7, 11) is 1.53. The Morgan fingerprint density at radius 2 is 2.12 bits per heavy atom. The van der Waals surface area contributed by atoms with Gasteiger partial charge in [0.05, 0.1) is 18.5 Å². The highest BCUT2D eigenvalue weighted by Crippen LogP contribution is 2.34. The van der Waals surface area contributed by atoms with E-state index in [0.717, 1.165) is 4.47 Å². The number of benzene rings is 2. The summed E-state index contributed by atoms with van der Waals surface area (Å²) in [5.74, 6) is 0.543. The lowest BCUT2D eigenvalue weighted by atomic mass is 10.2. The molecule has 0 spiro atoms. The van der Waals surface area contributed by atoms with Crippen LogP contribution >= 0.6 is 15.9 Å². The molecule has 0 fully saturated rings. The molecule has 2 aromatic carbocycles. The summed E-state index contributed by atoms with van der Waals surface area (Å²) >= 11 is 3.36. The van der Waals surface area contributed by atoms with Crippen molar-refractivity contribution in [2.45, 2.75) is 0 Å². The van der Waals surface area contributed by atoms with Gasteiger partial charge in [-0.1, -0.05) is 28.1 Å². The maximum Gasteiger partial charge on any atom is 0.265 e. The zero-order chi connectivity index (χ0) is 17.1. The van der Waals surface area contributed by atoms with Crippen molar-refractivity contribution in [2.75, 3.05) is 30.5 Å². The molecular formula is C17H15BrN2O4. The average molecular weight is 391 g/mol. The van der Waals surface area contributed by atoms with Crippen molar-refractivity contribution < 1.29 is 19.1 Å². The van der Waals surface area contributed by atoms with E-state index in [4.69, 9.17) is 9.47 Å². The van der Waals surface area contributed by atoms with Gasteiger partial charge in [0.1, 0.15) is 18.0 Å². The van der Waals surface area contributed by atoms with E-state index in [1.54, 1.807) is 36.4 Å². The number of hydrogen-bond acceptors (Lipinski definition) is 4. The van der Waals surface area contributed by atoms with Crippen molar-refractivity contribution in [3.63, 3.8) is 0 Å². The molecule has 2 amide bonds. The lowest BCUT2D eigenvalue weighted by molar-refractivity contribution is -0.123. The molecule has 0 unspecified atom stereocenters. The molecule has 1 heterocycles. The van der Waals surface area contributed by atoms with Gasteiger partial charge in [-0.2, -0.15) is 0 Å². The number of amides is 2. The molecule has 0 bridgehead atoms. The SMILES string of the molecule is COc1ccccc1NC(=O)CN1C(=O)COc2cc(Br)ccc21. The number of para-hydroxylation sites is 2. The second kappa shape index (κ2) is 6.92. The standard InChI is InChI=1S/C17H15BrN2O4/c1-23-14-5-3-2-4-12(14)19-16(21)9-20-13-7-6-11(18)8-15(13)24-10-17(20)22/h2-8H,9-10H2,1H3,(H,19,21). The topological polar surface area (TPSA) is 67.9 Å². The second-order valence-corrected chi connectivity index (χ2v) is 6.04. The van der Waals surface area contributed by atoms with Gasteiger partial charge in [0.25, 0.3) is 5.91 Å². The highest BCUT2D eigenvalue weighted by Gasteiger charge is 2.27. The van der Waals surface area contributed by atoms with Gasteiger partial charge in [0.15, 0.2) is 6.61 Å². The zero-order valence-electron chi connectivity index (χ0n) is 12.9. The van der Waals surface area contributed by atoms with E-state index < -0.39 is 0 Å². The first-order valence-electron chi connectivity index (χ1n) is 7.24. The maximum absolute atomic E-state index is 12.4. The number of carbonyl (C=O) groups is 2. The number of methoxy groups -OCH3 is 1. The third kappa shape index (κ3) is 3.35. The van der Waals surface area contributed by atoms with E-state index in [1.807, 2.05) is 6.07 Å². The Labute approximate surface area is 147 Å². The van der Waals surface area contributed by atoms with Crippen LogP contribution in [-0.2, 0) is 9.59 Å². The summed E-state index contributed by atoms with van der Waals surface area (Å²) < 4.78 is 11.5. The van der Waals surface area contributed by atoms with Gasteiger partial charge in [0.2, 0.25) is 5.91 Å². The van der Waals surface area contributed by atoms with Crippen LogP contribution in [0.4, 0.5) is 11.4 Å². The fourth-order valence-electron chi connectivity index (χ4n) is 2.43. The molecule has 3 rings (SSSR count). The van der Waals surface area contributed by atoms with Gasteiger partial charge in [-0.3, -0.25) is 14.5 Å². The van der Waals surface area contributed by atoms with Crippen LogP contribution in [0.15, 0.2) is 46.9 Å². The van der Waals surface area contributed by atoms with Crippen LogP contribution in [0.5, 0.6) is 11.5 Å². The van der Waals surface area contributed by atoms with Gasteiger partial charge in [-0.25, -0.2) is 0 Å². The number of fused-ring (bicyclic) bond motifs is 1. The average Bonchev–Trinajstić information content (AvgIpc) is 2.58. The largest absolute Gasteiger partial charge is 0.495 e. The number of rotatable bonds is 4. The zero-order valence-corrected chi connectivity index (χ0v) is 14.5. The number of carbonyl (C=O) groups excluding carboxylic acids is 2. The molecule has 0 atom stereocenters. The van der Waals surface area contributed by atoms with Gasteiger partial charge in [0, 0.05) is 4.47 Å². The monoisotopic (exact) mass is 390 g/mol. The molecule has 0 saturated carbocycles. The Hall–Kier alpha value is -2.54. The molecule has 1 aliphatic heterocycles. The molecule has 24 heavy (non-hydrogen) atoms. The summed E-state index contributed by atoms with van der Waals surface area (Å²) in [6.07, 6.45) is 0. The van der Waals surface area contributed by atoms with E-state index in [2.05, 4.69) is 21.2 Å². The van der Waals surface area contributed by atoms with Crippen molar-refractivity contribution in [1.82, 2.24) is 0 Å². The fraction of sp³-hybridized carbons (Fsp3) is 0.176. The molecule has 1 aliphatic rings. The molecule has 0 saturated heterocycles. The quantitative estimate of drug-likeness (QED) is 0.871. The highest BCUT2D eigenvalue weighted by atomic mass is 79.9. The van der Waals surface area contributed by atoms with Crippen LogP contribution in [0, 0.1) is 0 Å². The minimum atomic E-state index is -0.316. The molecule has 6 nitrogen and oxygen atoms in total. The third-order valence-electron chi connectivity index (χ3n) is 3.55. The van der Waals surface area contributed by atoms with Crippen LogP contribution in [0.2, 0.25) is 0 Å². The summed E-state index contributed by atoms with van der Waals surface area (Å²) in [5.41, 5.74) is 1.13. The van der Waals surface area contributed by atoms with Crippen LogP contribution in [0.3, 0.4) is 0 Å². The number of anilines is 2. The number of hydrogen-bond donors (Lipinski definition) is 1.